The van der Waals surface area contributed by atoms with Crippen LogP contribution in [0.5, 0.6) is 0 Å². The normalized spacial score (nSPS) is 17.0. The van der Waals surface area contributed by atoms with Crippen molar-refractivity contribution in [2.75, 3.05) is 13.1 Å². The Hall–Kier alpha value is -1.91. The molecule has 2 rings (SSSR count). The Balaban J connectivity index is 2.00. The summed E-state index contributed by atoms with van der Waals surface area (Å²) < 4.78 is 0. The zero-order valence-electron chi connectivity index (χ0n) is 12.5. The second-order valence-corrected chi connectivity index (χ2v) is 5.76. The summed E-state index contributed by atoms with van der Waals surface area (Å²) in [6, 6.07) is 4.09. The number of hydrogen-bond donors (Lipinski definition) is 2. The van der Waals surface area contributed by atoms with Gasteiger partial charge >= 0.3 is 0 Å². The summed E-state index contributed by atoms with van der Waals surface area (Å²) in [5.74, 6) is -0.323. The first-order valence-corrected chi connectivity index (χ1v) is 7.54. The van der Waals surface area contributed by atoms with Crippen LogP contribution in [0.3, 0.4) is 0 Å². The Labute approximate surface area is 125 Å². The molecule has 2 N–H and O–H groups in total. The van der Waals surface area contributed by atoms with Crippen LogP contribution in [0.1, 0.15) is 44.6 Å². The van der Waals surface area contributed by atoms with Crippen molar-refractivity contribution >= 4 is 11.8 Å². The van der Waals surface area contributed by atoms with Crippen LogP contribution in [-0.4, -0.2) is 29.9 Å². The molecule has 1 aromatic heterocycles. The van der Waals surface area contributed by atoms with Crippen molar-refractivity contribution in [3.8, 4) is 0 Å². The molecule has 0 aliphatic heterocycles. The van der Waals surface area contributed by atoms with E-state index in [4.69, 9.17) is 0 Å². The quantitative estimate of drug-likeness (QED) is 0.863. The largest absolute Gasteiger partial charge is 0.354 e. The first kappa shape index (κ1) is 15.5. The molecule has 2 amide bonds. The lowest BCUT2D eigenvalue weighted by molar-refractivity contribution is -0.125. The maximum atomic E-state index is 11.8. The fourth-order valence-corrected chi connectivity index (χ4v) is 3.04. The molecule has 0 saturated heterocycles. The highest BCUT2D eigenvalue weighted by atomic mass is 16.2. The van der Waals surface area contributed by atoms with Crippen LogP contribution in [0.15, 0.2) is 24.5 Å². The van der Waals surface area contributed by atoms with Gasteiger partial charge in [0.2, 0.25) is 11.8 Å². The van der Waals surface area contributed by atoms with Gasteiger partial charge in [-0.05, 0) is 30.5 Å². The van der Waals surface area contributed by atoms with E-state index >= 15 is 0 Å². The van der Waals surface area contributed by atoms with Crippen molar-refractivity contribution in [1.82, 2.24) is 15.6 Å². The highest BCUT2D eigenvalue weighted by Crippen LogP contribution is 2.38. The standard InChI is InChI=1S/C16H23N3O2/c1-13(20)18-11-15(21)19-12-16(7-3-2-4-8-16)14-5-9-17-10-6-14/h5-6,9-10H,2-4,7-8,11-12H2,1H3,(H,18,20)(H,19,21). The number of carbonyl (C=O) groups excluding carboxylic acids is 2. The Bertz CT molecular complexity index is 482. The van der Waals surface area contributed by atoms with Crippen LogP contribution in [0, 0.1) is 0 Å². The monoisotopic (exact) mass is 289 g/mol. The molecule has 0 unspecified atom stereocenters. The Kier molecular flexibility index (Phi) is 5.31. The van der Waals surface area contributed by atoms with Crippen molar-refractivity contribution in [2.45, 2.75) is 44.4 Å². The zero-order chi connectivity index (χ0) is 15.1. The summed E-state index contributed by atoms with van der Waals surface area (Å²) in [5, 5.41) is 5.50. The third kappa shape index (κ3) is 4.28. The molecular formula is C16H23N3O2. The third-order valence-corrected chi connectivity index (χ3v) is 4.23. The van der Waals surface area contributed by atoms with Crippen molar-refractivity contribution in [1.29, 1.82) is 0 Å². The van der Waals surface area contributed by atoms with Crippen LogP contribution in [0.25, 0.3) is 0 Å². The fraction of sp³-hybridized carbons (Fsp3) is 0.562. The van der Waals surface area contributed by atoms with E-state index in [2.05, 4.69) is 15.6 Å². The molecule has 0 bridgehead atoms. The van der Waals surface area contributed by atoms with E-state index in [0.717, 1.165) is 12.8 Å². The number of rotatable bonds is 5. The second kappa shape index (κ2) is 7.20. The van der Waals surface area contributed by atoms with Crippen LogP contribution in [-0.2, 0) is 15.0 Å². The summed E-state index contributed by atoms with van der Waals surface area (Å²) in [5.41, 5.74) is 1.25. The lowest BCUT2D eigenvalue weighted by atomic mass is 9.69. The molecule has 1 aliphatic rings. The summed E-state index contributed by atoms with van der Waals surface area (Å²) >= 11 is 0. The molecule has 1 aliphatic carbocycles. The molecule has 1 fully saturated rings. The molecule has 114 valence electrons. The van der Waals surface area contributed by atoms with E-state index in [0.29, 0.717) is 6.54 Å². The average Bonchev–Trinajstić information content (AvgIpc) is 2.52. The second-order valence-electron chi connectivity index (χ2n) is 5.76. The lowest BCUT2D eigenvalue weighted by Crippen LogP contribution is -2.45. The molecule has 1 saturated carbocycles. The number of carbonyl (C=O) groups is 2. The van der Waals surface area contributed by atoms with E-state index in [1.165, 1.54) is 31.7 Å². The molecule has 0 radical (unpaired) electrons. The van der Waals surface area contributed by atoms with E-state index in [9.17, 15) is 9.59 Å². The maximum absolute atomic E-state index is 11.8. The SMILES string of the molecule is CC(=O)NCC(=O)NCC1(c2ccncc2)CCCCC1. The number of amides is 2. The lowest BCUT2D eigenvalue weighted by Gasteiger charge is -2.38. The summed E-state index contributed by atoms with van der Waals surface area (Å²) in [6.07, 6.45) is 9.41. The predicted molar refractivity (Wildman–Crippen MR) is 80.7 cm³/mol. The van der Waals surface area contributed by atoms with Crippen molar-refractivity contribution in [2.24, 2.45) is 0 Å². The van der Waals surface area contributed by atoms with Crippen molar-refractivity contribution < 1.29 is 9.59 Å². The molecule has 0 spiro atoms. The first-order chi connectivity index (χ1) is 10.1. The van der Waals surface area contributed by atoms with Gasteiger partial charge in [0.15, 0.2) is 0 Å². The molecule has 1 heterocycles. The van der Waals surface area contributed by atoms with Crippen LogP contribution in [0.4, 0.5) is 0 Å². The molecule has 1 aromatic rings. The maximum Gasteiger partial charge on any atom is 0.239 e. The van der Waals surface area contributed by atoms with E-state index in [-0.39, 0.29) is 23.8 Å². The number of nitrogens with zero attached hydrogens (tertiary/aromatic N) is 1. The summed E-state index contributed by atoms with van der Waals surface area (Å²) in [7, 11) is 0. The van der Waals surface area contributed by atoms with Gasteiger partial charge in [0.1, 0.15) is 0 Å². The highest BCUT2D eigenvalue weighted by molar-refractivity contribution is 5.83. The number of pyridine rings is 1. The topological polar surface area (TPSA) is 71.1 Å². The summed E-state index contributed by atoms with van der Waals surface area (Å²) in [4.78, 5) is 26.7. The minimum atomic E-state index is -0.188. The predicted octanol–water partition coefficient (Wildman–Crippen LogP) is 1.54. The van der Waals surface area contributed by atoms with Crippen molar-refractivity contribution in [3.63, 3.8) is 0 Å². The van der Waals surface area contributed by atoms with E-state index < -0.39 is 0 Å². The van der Waals surface area contributed by atoms with Crippen LogP contribution < -0.4 is 10.6 Å². The van der Waals surface area contributed by atoms with Gasteiger partial charge in [0.25, 0.3) is 0 Å². The highest BCUT2D eigenvalue weighted by Gasteiger charge is 2.34. The Morgan fingerprint density at radius 1 is 1.14 bits per heavy atom. The smallest absolute Gasteiger partial charge is 0.239 e. The fourth-order valence-electron chi connectivity index (χ4n) is 3.04. The van der Waals surface area contributed by atoms with Gasteiger partial charge in [-0.2, -0.15) is 0 Å². The van der Waals surface area contributed by atoms with Gasteiger partial charge in [-0.1, -0.05) is 19.3 Å². The van der Waals surface area contributed by atoms with Gasteiger partial charge < -0.3 is 10.6 Å². The summed E-state index contributed by atoms with van der Waals surface area (Å²) in [6.45, 7) is 2.07. The van der Waals surface area contributed by atoms with E-state index in [1.54, 1.807) is 0 Å². The molecule has 0 atom stereocenters. The Morgan fingerprint density at radius 2 is 1.81 bits per heavy atom. The Morgan fingerprint density at radius 3 is 2.43 bits per heavy atom. The minimum Gasteiger partial charge on any atom is -0.354 e. The molecule has 0 aromatic carbocycles. The molecule has 21 heavy (non-hydrogen) atoms. The minimum absolute atomic E-state index is 0.00702. The number of aromatic nitrogens is 1. The van der Waals surface area contributed by atoms with Gasteiger partial charge in [-0.3, -0.25) is 14.6 Å². The average molecular weight is 289 g/mol. The van der Waals surface area contributed by atoms with Gasteiger partial charge in [0, 0.05) is 31.3 Å². The molecule has 5 nitrogen and oxygen atoms in total. The van der Waals surface area contributed by atoms with Gasteiger partial charge in [0.05, 0.1) is 6.54 Å². The zero-order valence-corrected chi connectivity index (χ0v) is 12.5. The number of nitrogens with one attached hydrogen (secondary N) is 2. The van der Waals surface area contributed by atoms with Crippen molar-refractivity contribution in [3.05, 3.63) is 30.1 Å². The molecule has 5 heteroatoms. The van der Waals surface area contributed by atoms with Gasteiger partial charge in [-0.15, -0.1) is 0 Å². The first-order valence-electron chi connectivity index (χ1n) is 7.54. The van der Waals surface area contributed by atoms with Crippen LogP contribution >= 0.6 is 0 Å². The van der Waals surface area contributed by atoms with Gasteiger partial charge in [-0.25, -0.2) is 0 Å². The molecular weight excluding hydrogens is 266 g/mol. The van der Waals surface area contributed by atoms with E-state index in [1.807, 2.05) is 24.5 Å². The van der Waals surface area contributed by atoms with Crippen LogP contribution in [0.2, 0.25) is 0 Å². The number of hydrogen-bond acceptors (Lipinski definition) is 3. The third-order valence-electron chi connectivity index (χ3n) is 4.23.